The van der Waals surface area contributed by atoms with Crippen molar-refractivity contribution in [3.05, 3.63) is 48.6 Å². The molecule has 0 aromatic heterocycles. The first kappa shape index (κ1) is 19.0. The van der Waals surface area contributed by atoms with Gasteiger partial charge in [0.25, 0.3) is 0 Å². The Morgan fingerprint density at radius 2 is 1.96 bits per heavy atom. The molecule has 0 radical (unpaired) electrons. The summed E-state index contributed by atoms with van der Waals surface area (Å²) in [6.07, 6.45) is 3.29. The Morgan fingerprint density at radius 1 is 1.24 bits per heavy atom. The molecule has 1 aromatic rings. The summed E-state index contributed by atoms with van der Waals surface area (Å²) in [4.78, 5) is 26.5. The third kappa shape index (κ3) is 5.34. The highest BCUT2D eigenvalue weighted by Gasteiger charge is 2.42. The number of ether oxygens (including phenoxy) is 2. The van der Waals surface area contributed by atoms with Gasteiger partial charge in [0.2, 0.25) is 0 Å². The molecule has 0 spiro atoms. The number of hydrogen-bond donors (Lipinski definition) is 0. The molecule has 2 atom stereocenters. The van der Waals surface area contributed by atoms with Crippen LogP contribution in [0.5, 0.6) is 0 Å². The van der Waals surface area contributed by atoms with E-state index in [1.807, 2.05) is 44.2 Å². The zero-order chi connectivity index (χ0) is 18.2. The van der Waals surface area contributed by atoms with Gasteiger partial charge >= 0.3 is 12.1 Å². The fourth-order valence-corrected chi connectivity index (χ4v) is 2.95. The Bertz CT molecular complexity index is 585. The Hall–Kier alpha value is -2.30. The summed E-state index contributed by atoms with van der Waals surface area (Å²) in [5.74, 6) is -0.134. The molecule has 1 aliphatic heterocycles. The van der Waals surface area contributed by atoms with Crippen molar-refractivity contribution in [3.63, 3.8) is 0 Å². The molecule has 5 heteroatoms. The van der Waals surface area contributed by atoms with E-state index in [4.69, 9.17) is 9.47 Å². The monoisotopic (exact) mass is 345 g/mol. The second-order valence-electron chi connectivity index (χ2n) is 6.74. The molecule has 5 nitrogen and oxygen atoms in total. The molecule has 1 saturated heterocycles. The molecule has 0 N–H and O–H groups in total. The lowest BCUT2D eigenvalue weighted by Gasteiger charge is -2.28. The Kier molecular flexibility index (Phi) is 7.04. The van der Waals surface area contributed by atoms with Crippen LogP contribution in [-0.2, 0) is 20.9 Å². The van der Waals surface area contributed by atoms with Gasteiger partial charge in [-0.3, -0.25) is 4.90 Å². The highest BCUT2D eigenvalue weighted by Crippen LogP contribution is 2.28. The van der Waals surface area contributed by atoms with E-state index in [0.717, 1.165) is 12.0 Å². The maximum atomic E-state index is 12.5. The number of benzene rings is 1. The molecular weight excluding hydrogens is 318 g/mol. The first-order valence-electron chi connectivity index (χ1n) is 8.79. The molecule has 1 heterocycles. The van der Waals surface area contributed by atoms with Gasteiger partial charge in [0.15, 0.2) is 0 Å². The lowest BCUT2D eigenvalue weighted by atomic mass is 10.1. The average molecular weight is 345 g/mol. The predicted octanol–water partition coefficient (Wildman–Crippen LogP) is 3.93. The third-order valence-corrected chi connectivity index (χ3v) is 4.19. The van der Waals surface area contributed by atoms with Crippen LogP contribution in [0, 0.1) is 5.92 Å². The second-order valence-corrected chi connectivity index (χ2v) is 6.74. The average Bonchev–Trinajstić information content (AvgIpc) is 3.02. The van der Waals surface area contributed by atoms with E-state index in [9.17, 15) is 9.59 Å². The lowest BCUT2D eigenvalue weighted by Crippen LogP contribution is -2.46. The van der Waals surface area contributed by atoms with Crippen molar-refractivity contribution < 1.29 is 19.1 Å². The minimum atomic E-state index is -0.590. The van der Waals surface area contributed by atoms with E-state index in [2.05, 4.69) is 6.58 Å². The number of esters is 1. The van der Waals surface area contributed by atoms with Crippen LogP contribution in [-0.4, -0.2) is 35.7 Å². The molecule has 1 unspecified atom stereocenters. The first-order valence-corrected chi connectivity index (χ1v) is 8.79. The van der Waals surface area contributed by atoms with Gasteiger partial charge in [0.1, 0.15) is 12.6 Å². The van der Waals surface area contributed by atoms with Gasteiger partial charge in [0, 0.05) is 6.04 Å². The number of carbonyl (C=O) groups is 2. The molecule has 1 amide bonds. The highest BCUT2D eigenvalue weighted by molar-refractivity contribution is 5.82. The predicted molar refractivity (Wildman–Crippen MR) is 95.9 cm³/mol. The van der Waals surface area contributed by atoms with Gasteiger partial charge in [-0.2, -0.15) is 0 Å². The van der Waals surface area contributed by atoms with Crippen molar-refractivity contribution in [2.24, 2.45) is 5.92 Å². The topological polar surface area (TPSA) is 55.8 Å². The van der Waals surface area contributed by atoms with Gasteiger partial charge in [0.05, 0.1) is 6.61 Å². The molecule has 25 heavy (non-hydrogen) atoms. The van der Waals surface area contributed by atoms with Crippen LogP contribution in [0.4, 0.5) is 4.79 Å². The summed E-state index contributed by atoms with van der Waals surface area (Å²) in [7, 11) is 0. The van der Waals surface area contributed by atoms with Crippen molar-refractivity contribution in [1.82, 2.24) is 4.90 Å². The zero-order valence-corrected chi connectivity index (χ0v) is 15.0. The van der Waals surface area contributed by atoms with E-state index < -0.39 is 12.1 Å². The van der Waals surface area contributed by atoms with Gasteiger partial charge in [-0.15, -0.1) is 6.58 Å². The Balaban J connectivity index is 2.01. The number of hydrogen-bond acceptors (Lipinski definition) is 4. The molecule has 0 saturated carbocycles. The van der Waals surface area contributed by atoms with Crippen LogP contribution in [0.1, 0.15) is 38.7 Å². The van der Waals surface area contributed by atoms with Crippen LogP contribution >= 0.6 is 0 Å². The van der Waals surface area contributed by atoms with Gasteiger partial charge in [-0.1, -0.05) is 50.3 Å². The lowest BCUT2D eigenvalue weighted by molar-refractivity contribution is -0.150. The summed E-state index contributed by atoms with van der Waals surface area (Å²) < 4.78 is 10.8. The zero-order valence-electron chi connectivity index (χ0n) is 15.0. The van der Waals surface area contributed by atoms with Gasteiger partial charge < -0.3 is 9.47 Å². The number of rotatable bonds is 7. The van der Waals surface area contributed by atoms with Crippen LogP contribution < -0.4 is 0 Å². The molecule has 1 aromatic carbocycles. The standard InChI is InChI=1S/C20H27NO4/c1-4-8-17-11-12-18(21(17)20(23)25-13-15(2)3)19(22)24-14-16-9-6-5-7-10-16/h4-7,9-10,15,17-18H,1,8,11-14H2,2-3H3/t17?,18-/m0/s1. The normalized spacial score (nSPS) is 19.7. The summed E-state index contributed by atoms with van der Waals surface area (Å²) in [5, 5.41) is 0. The molecule has 0 bridgehead atoms. The maximum Gasteiger partial charge on any atom is 0.410 e. The van der Waals surface area contributed by atoms with E-state index in [1.54, 1.807) is 6.08 Å². The molecule has 0 aliphatic carbocycles. The van der Waals surface area contributed by atoms with E-state index in [-0.39, 0.29) is 24.5 Å². The van der Waals surface area contributed by atoms with Gasteiger partial charge in [-0.05, 0) is 30.7 Å². The van der Waals surface area contributed by atoms with E-state index >= 15 is 0 Å². The third-order valence-electron chi connectivity index (χ3n) is 4.19. The summed E-state index contributed by atoms with van der Waals surface area (Å²) in [5.41, 5.74) is 0.922. The van der Waals surface area contributed by atoms with Crippen LogP contribution in [0.2, 0.25) is 0 Å². The fraction of sp³-hybridized carbons (Fsp3) is 0.500. The minimum absolute atomic E-state index is 0.0635. The molecular formula is C20H27NO4. The van der Waals surface area contributed by atoms with Crippen molar-refractivity contribution in [3.8, 4) is 0 Å². The van der Waals surface area contributed by atoms with Crippen molar-refractivity contribution in [2.45, 2.75) is 51.8 Å². The first-order chi connectivity index (χ1) is 12.0. The maximum absolute atomic E-state index is 12.5. The van der Waals surface area contributed by atoms with Crippen LogP contribution in [0.25, 0.3) is 0 Å². The molecule has 2 rings (SSSR count). The molecule has 136 valence electrons. The quantitative estimate of drug-likeness (QED) is 0.555. The summed E-state index contributed by atoms with van der Waals surface area (Å²) in [6, 6.07) is 8.85. The van der Waals surface area contributed by atoms with Crippen molar-refractivity contribution >= 4 is 12.1 Å². The highest BCUT2D eigenvalue weighted by atomic mass is 16.6. The minimum Gasteiger partial charge on any atom is -0.459 e. The molecule has 1 fully saturated rings. The van der Waals surface area contributed by atoms with Crippen LogP contribution in [0.15, 0.2) is 43.0 Å². The number of amides is 1. The number of carbonyl (C=O) groups excluding carboxylic acids is 2. The fourth-order valence-electron chi connectivity index (χ4n) is 2.95. The number of likely N-dealkylation sites (tertiary alicyclic amines) is 1. The van der Waals surface area contributed by atoms with E-state index in [0.29, 0.717) is 19.4 Å². The second kappa shape index (κ2) is 9.25. The smallest absolute Gasteiger partial charge is 0.410 e. The molecule has 1 aliphatic rings. The van der Waals surface area contributed by atoms with Gasteiger partial charge in [-0.25, -0.2) is 9.59 Å². The number of nitrogens with zero attached hydrogens (tertiary/aromatic N) is 1. The van der Waals surface area contributed by atoms with E-state index in [1.165, 1.54) is 4.90 Å². The Labute approximate surface area is 149 Å². The van der Waals surface area contributed by atoms with Crippen molar-refractivity contribution in [2.75, 3.05) is 6.61 Å². The summed E-state index contributed by atoms with van der Waals surface area (Å²) >= 11 is 0. The largest absolute Gasteiger partial charge is 0.459 e. The Morgan fingerprint density at radius 3 is 2.60 bits per heavy atom. The SMILES string of the molecule is C=CCC1CC[C@@H](C(=O)OCc2ccccc2)N1C(=O)OCC(C)C. The van der Waals surface area contributed by atoms with Crippen LogP contribution in [0.3, 0.4) is 0 Å². The summed E-state index contributed by atoms with van der Waals surface area (Å²) in [6.45, 7) is 8.24. The van der Waals surface area contributed by atoms with Crippen molar-refractivity contribution in [1.29, 1.82) is 0 Å².